The number of hydrogen-bond acceptors (Lipinski definition) is 3. The molecule has 0 aliphatic heterocycles. The summed E-state index contributed by atoms with van der Waals surface area (Å²) in [5.41, 5.74) is 5.45. The molecule has 1 aliphatic rings. The van der Waals surface area contributed by atoms with E-state index in [9.17, 15) is 8.42 Å². The summed E-state index contributed by atoms with van der Waals surface area (Å²) in [7, 11) is -4.12. The first-order chi connectivity index (χ1) is 5.73. The van der Waals surface area contributed by atoms with E-state index in [1.807, 2.05) is 0 Å². The molecule has 5 heteroatoms. The van der Waals surface area contributed by atoms with Crippen LogP contribution in [-0.4, -0.2) is 23.8 Å². The summed E-state index contributed by atoms with van der Waals surface area (Å²) in [5, 5.41) is -1.05. The van der Waals surface area contributed by atoms with Crippen LogP contribution in [0.5, 0.6) is 0 Å². The van der Waals surface area contributed by atoms with E-state index < -0.39 is 20.9 Å². The molecule has 2 atom stereocenters. The minimum Gasteiger partial charge on any atom is -0.321 e. The van der Waals surface area contributed by atoms with Crippen molar-refractivity contribution in [3.8, 4) is 0 Å². The van der Waals surface area contributed by atoms with Gasteiger partial charge in [0.25, 0.3) is 10.1 Å². The molecule has 4 nitrogen and oxygen atoms in total. The zero-order valence-electron chi connectivity index (χ0n) is 7.56. The molecule has 0 fully saturated rings. The predicted molar refractivity (Wildman–Crippen MR) is 50.8 cm³/mol. The molecule has 0 radical (unpaired) electrons. The number of allylic oxidation sites excluding steroid dienone is 2. The molecule has 2 unspecified atom stereocenters. The van der Waals surface area contributed by atoms with Crippen LogP contribution in [0.3, 0.4) is 0 Å². The topological polar surface area (TPSA) is 80.4 Å². The lowest BCUT2D eigenvalue weighted by atomic mass is 9.92. The zero-order valence-corrected chi connectivity index (χ0v) is 8.38. The smallest absolute Gasteiger partial charge is 0.273 e. The Morgan fingerprint density at radius 2 is 2.15 bits per heavy atom. The van der Waals surface area contributed by atoms with Crippen LogP contribution in [0.2, 0.25) is 0 Å². The predicted octanol–water partition coefficient (Wildman–Crippen LogP) is 0.476. The molecule has 74 valence electrons. The second-order valence-corrected chi connectivity index (χ2v) is 5.08. The molecule has 0 saturated heterocycles. The molecule has 0 aromatic carbocycles. The summed E-state index contributed by atoms with van der Waals surface area (Å²) in [6.45, 7) is 3.31. The van der Waals surface area contributed by atoms with Crippen LogP contribution < -0.4 is 5.73 Å². The fourth-order valence-corrected chi connectivity index (χ4v) is 2.39. The quantitative estimate of drug-likeness (QED) is 0.607. The van der Waals surface area contributed by atoms with E-state index in [2.05, 4.69) is 0 Å². The van der Waals surface area contributed by atoms with Crippen molar-refractivity contribution in [1.29, 1.82) is 0 Å². The van der Waals surface area contributed by atoms with Gasteiger partial charge < -0.3 is 5.73 Å². The third-order valence-electron chi connectivity index (χ3n) is 2.05. The summed E-state index contributed by atoms with van der Waals surface area (Å²) in [6.07, 6.45) is 4.78. The molecule has 0 saturated carbocycles. The summed E-state index contributed by atoms with van der Waals surface area (Å²) in [5.74, 6) is 0. The first kappa shape index (κ1) is 10.4. The van der Waals surface area contributed by atoms with Gasteiger partial charge in [0.15, 0.2) is 0 Å². The SMILES string of the molecule is CC1=CC(S(=O)(=O)O)C(C)(N)C=C1. The highest BCUT2D eigenvalue weighted by Gasteiger charge is 2.37. The Morgan fingerprint density at radius 3 is 2.54 bits per heavy atom. The second-order valence-electron chi connectivity index (χ2n) is 3.55. The van der Waals surface area contributed by atoms with E-state index in [4.69, 9.17) is 10.3 Å². The van der Waals surface area contributed by atoms with E-state index in [1.54, 1.807) is 26.0 Å². The number of hydrogen-bond donors (Lipinski definition) is 2. The number of nitrogens with two attached hydrogens (primary N) is 1. The molecule has 0 aromatic heterocycles. The van der Waals surface area contributed by atoms with Crippen LogP contribution in [0.4, 0.5) is 0 Å². The lowest BCUT2D eigenvalue weighted by Crippen LogP contribution is -2.50. The van der Waals surface area contributed by atoms with Crippen molar-refractivity contribution in [1.82, 2.24) is 0 Å². The maximum Gasteiger partial charge on any atom is 0.273 e. The van der Waals surface area contributed by atoms with E-state index in [0.29, 0.717) is 0 Å². The van der Waals surface area contributed by atoms with Crippen molar-refractivity contribution in [2.75, 3.05) is 0 Å². The Balaban J connectivity index is 3.17. The molecular formula is C8H13NO3S. The molecule has 13 heavy (non-hydrogen) atoms. The van der Waals surface area contributed by atoms with Crippen LogP contribution in [0.25, 0.3) is 0 Å². The Hall–Kier alpha value is -0.650. The largest absolute Gasteiger partial charge is 0.321 e. The lowest BCUT2D eigenvalue weighted by Gasteiger charge is -2.29. The van der Waals surface area contributed by atoms with Gasteiger partial charge in [-0.25, -0.2) is 0 Å². The Labute approximate surface area is 77.9 Å². The van der Waals surface area contributed by atoms with Crippen LogP contribution in [0.1, 0.15) is 13.8 Å². The molecule has 1 rings (SSSR count). The first-order valence-corrected chi connectivity index (χ1v) is 5.36. The van der Waals surface area contributed by atoms with Crippen molar-refractivity contribution in [2.24, 2.45) is 5.73 Å². The molecule has 0 spiro atoms. The van der Waals surface area contributed by atoms with Gasteiger partial charge in [0, 0.05) is 0 Å². The van der Waals surface area contributed by atoms with E-state index in [1.165, 1.54) is 6.08 Å². The average Bonchev–Trinajstić information content (AvgIpc) is 1.92. The third kappa shape index (κ3) is 2.18. The average molecular weight is 203 g/mol. The molecule has 0 bridgehead atoms. The Bertz CT molecular complexity index is 365. The molecule has 3 N–H and O–H groups in total. The normalized spacial score (nSPS) is 34.5. The van der Waals surface area contributed by atoms with Gasteiger partial charge in [-0.2, -0.15) is 8.42 Å². The van der Waals surface area contributed by atoms with Gasteiger partial charge in [-0.15, -0.1) is 0 Å². The van der Waals surface area contributed by atoms with Crippen LogP contribution in [0.15, 0.2) is 23.8 Å². The van der Waals surface area contributed by atoms with Gasteiger partial charge >= 0.3 is 0 Å². The van der Waals surface area contributed by atoms with Crippen molar-refractivity contribution < 1.29 is 13.0 Å². The van der Waals surface area contributed by atoms with Gasteiger partial charge in [0.2, 0.25) is 0 Å². The van der Waals surface area contributed by atoms with Crippen LogP contribution in [0, 0.1) is 0 Å². The molecular weight excluding hydrogens is 190 g/mol. The molecule has 0 amide bonds. The Morgan fingerprint density at radius 1 is 1.62 bits per heavy atom. The summed E-state index contributed by atoms with van der Waals surface area (Å²) in [4.78, 5) is 0. The molecule has 0 heterocycles. The lowest BCUT2D eigenvalue weighted by molar-refractivity contribution is 0.449. The van der Waals surface area contributed by atoms with Crippen LogP contribution in [-0.2, 0) is 10.1 Å². The highest BCUT2D eigenvalue weighted by atomic mass is 32.2. The van der Waals surface area contributed by atoms with Crippen molar-refractivity contribution in [2.45, 2.75) is 24.6 Å². The fraction of sp³-hybridized carbons (Fsp3) is 0.500. The fourth-order valence-electron chi connectivity index (χ4n) is 1.29. The minimum absolute atomic E-state index is 0.783. The van der Waals surface area contributed by atoms with E-state index >= 15 is 0 Å². The van der Waals surface area contributed by atoms with E-state index in [0.717, 1.165) is 5.57 Å². The molecule has 0 aromatic rings. The van der Waals surface area contributed by atoms with Crippen molar-refractivity contribution >= 4 is 10.1 Å². The zero-order chi connectivity index (χ0) is 10.3. The highest BCUT2D eigenvalue weighted by molar-refractivity contribution is 7.86. The second kappa shape index (κ2) is 2.94. The Kier molecular flexibility index (Phi) is 2.36. The summed E-state index contributed by atoms with van der Waals surface area (Å²) < 4.78 is 30.8. The maximum absolute atomic E-state index is 10.9. The van der Waals surface area contributed by atoms with Crippen LogP contribution >= 0.6 is 0 Å². The maximum atomic E-state index is 10.9. The summed E-state index contributed by atoms with van der Waals surface area (Å²) in [6, 6.07) is 0. The molecule has 1 aliphatic carbocycles. The van der Waals surface area contributed by atoms with Crippen molar-refractivity contribution in [3.63, 3.8) is 0 Å². The van der Waals surface area contributed by atoms with Gasteiger partial charge in [0.05, 0.1) is 5.54 Å². The monoisotopic (exact) mass is 203 g/mol. The van der Waals surface area contributed by atoms with Gasteiger partial charge in [-0.05, 0) is 13.8 Å². The third-order valence-corrected chi connectivity index (χ3v) is 3.34. The van der Waals surface area contributed by atoms with Gasteiger partial charge in [-0.3, -0.25) is 4.55 Å². The standard InChI is InChI=1S/C8H13NO3S/c1-6-3-4-8(2,9)7(5-6)13(10,11)12/h3-5,7H,9H2,1-2H3,(H,10,11,12). The minimum atomic E-state index is -4.12. The van der Waals surface area contributed by atoms with Gasteiger partial charge in [-0.1, -0.05) is 23.8 Å². The van der Waals surface area contributed by atoms with Crippen molar-refractivity contribution in [3.05, 3.63) is 23.8 Å². The van der Waals surface area contributed by atoms with E-state index in [-0.39, 0.29) is 0 Å². The first-order valence-electron chi connectivity index (χ1n) is 3.86. The summed E-state index contributed by atoms with van der Waals surface area (Å²) >= 11 is 0. The number of rotatable bonds is 1. The van der Waals surface area contributed by atoms with Gasteiger partial charge in [0.1, 0.15) is 5.25 Å². The highest BCUT2D eigenvalue weighted by Crippen LogP contribution is 2.23.